The van der Waals surface area contributed by atoms with E-state index in [1.807, 2.05) is 0 Å². The van der Waals surface area contributed by atoms with Gasteiger partial charge in [-0.1, -0.05) is 267 Å². The molecule has 2 nitrogen and oxygen atoms in total. The van der Waals surface area contributed by atoms with Gasteiger partial charge in [-0.25, -0.2) is 0 Å². The molecule has 0 radical (unpaired) electrons. The van der Waals surface area contributed by atoms with Gasteiger partial charge in [0, 0.05) is 33.5 Å². The smallest absolute Gasteiger partial charge is 0.0540 e. The second-order valence-corrected chi connectivity index (χ2v) is 20.8. The lowest BCUT2D eigenvalue weighted by molar-refractivity contribution is 1.29. The first-order valence-corrected chi connectivity index (χ1v) is 28.1. The maximum Gasteiger partial charge on any atom is 0.0540 e. The van der Waals surface area contributed by atoms with Crippen LogP contribution in [0.15, 0.2) is 340 Å². The van der Waals surface area contributed by atoms with E-state index in [9.17, 15) is 0 Å². The van der Waals surface area contributed by atoms with Crippen LogP contribution in [0.1, 0.15) is 0 Å². The number of benzene rings is 14. The van der Waals surface area contributed by atoms with Crippen molar-refractivity contribution in [3.63, 3.8) is 0 Å². The van der Waals surface area contributed by atoms with Crippen molar-refractivity contribution in [2.75, 3.05) is 9.80 Å². The Kier molecular flexibility index (Phi) is 13.4. The molecule has 386 valence electrons. The van der Waals surface area contributed by atoms with Crippen molar-refractivity contribution in [2.45, 2.75) is 0 Å². The van der Waals surface area contributed by atoms with Crippen molar-refractivity contribution >= 4 is 55.7 Å². The molecular formula is C80H56N2. The SMILES string of the molecule is c1ccc(-c2cccc(-c3ccc(N(c4ccc(-c5ccc(N(c6ccc(-c7cccc(-c8ccccc8)c7)cc6)c6ccc(-c7ccccc7)c7ccccc67)cc5)cc4)c4ccc(-c5ccccc5)c5ccccc45)cc3)c2)cc1. The van der Waals surface area contributed by atoms with E-state index in [1.54, 1.807) is 0 Å². The minimum atomic E-state index is 1.07. The van der Waals surface area contributed by atoms with E-state index < -0.39 is 0 Å². The second kappa shape index (κ2) is 22.1. The van der Waals surface area contributed by atoms with Gasteiger partial charge in [-0.2, -0.15) is 0 Å². The number of anilines is 6. The van der Waals surface area contributed by atoms with Crippen LogP contribution in [-0.2, 0) is 0 Å². The lowest BCUT2D eigenvalue weighted by atomic mass is 9.95. The van der Waals surface area contributed by atoms with Crippen LogP contribution >= 0.6 is 0 Å². The summed E-state index contributed by atoms with van der Waals surface area (Å²) in [6, 6.07) is 123. The third-order valence-electron chi connectivity index (χ3n) is 15.9. The predicted molar refractivity (Wildman–Crippen MR) is 349 cm³/mol. The molecule has 0 saturated heterocycles. The lowest BCUT2D eigenvalue weighted by Crippen LogP contribution is -2.11. The summed E-state index contributed by atoms with van der Waals surface area (Å²) in [7, 11) is 0. The van der Waals surface area contributed by atoms with Crippen molar-refractivity contribution in [1.29, 1.82) is 0 Å². The fourth-order valence-electron chi connectivity index (χ4n) is 11.8. The third-order valence-corrected chi connectivity index (χ3v) is 15.9. The molecule has 0 fully saturated rings. The highest BCUT2D eigenvalue weighted by Crippen LogP contribution is 2.46. The first kappa shape index (κ1) is 49.5. The summed E-state index contributed by atoms with van der Waals surface area (Å²) in [4.78, 5) is 4.81. The lowest BCUT2D eigenvalue weighted by Gasteiger charge is -2.28. The van der Waals surface area contributed by atoms with E-state index in [4.69, 9.17) is 0 Å². The molecule has 0 N–H and O–H groups in total. The highest BCUT2D eigenvalue weighted by Gasteiger charge is 2.21. The van der Waals surface area contributed by atoms with Crippen LogP contribution in [0.25, 0.3) is 99.4 Å². The zero-order valence-corrected chi connectivity index (χ0v) is 45.2. The Balaban J connectivity index is 0.829. The molecule has 14 aromatic rings. The molecule has 0 unspecified atom stereocenters. The summed E-state index contributed by atoms with van der Waals surface area (Å²) >= 11 is 0. The van der Waals surface area contributed by atoms with Gasteiger partial charge in [0.1, 0.15) is 0 Å². The average Bonchev–Trinajstić information content (AvgIpc) is 3.71. The standard InChI is InChI=1S/C80H56N2/c1-5-19-57(20-6-1)65-27-17-29-67(55-65)61-39-47-71(48-40-61)81(79-53-51-73(63-23-9-3-10-24-63)75-31-13-15-33-77(75)79)69-43-35-59(36-44-69)60-37-45-70(46-38-60)82(80-54-52-74(64-25-11-4-12-26-64)76-32-14-16-34-78(76)80)72-49-41-62(42-50-72)68-30-18-28-66(56-68)58-21-7-2-8-22-58/h1-56H. The molecule has 0 saturated carbocycles. The molecule has 0 bridgehead atoms. The van der Waals surface area contributed by atoms with Gasteiger partial charge < -0.3 is 9.80 Å². The Labute approximate surface area is 480 Å². The van der Waals surface area contributed by atoms with E-state index in [0.717, 1.165) is 45.3 Å². The van der Waals surface area contributed by atoms with Gasteiger partial charge in [-0.15, -0.1) is 0 Å². The van der Waals surface area contributed by atoms with Crippen molar-refractivity contribution < 1.29 is 0 Å². The Morgan fingerprint density at radius 2 is 0.378 bits per heavy atom. The first-order valence-electron chi connectivity index (χ1n) is 28.1. The maximum atomic E-state index is 2.41. The van der Waals surface area contributed by atoms with E-state index in [1.165, 1.54) is 88.3 Å². The third kappa shape index (κ3) is 9.80. The quantitative estimate of drug-likeness (QED) is 0.114. The van der Waals surface area contributed by atoms with Gasteiger partial charge in [0.25, 0.3) is 0 Å². The highest BCUT2D eigenvalue weighted by atomic mass is 15.1. The fraction of sp³-hybridized carbons (Fsp3) is 0. The zero-order chi connectivity index (χ0) is 54.6. The Morgan fingerprint density at radius 1 is 0.146 bits per heavy atom. The normalized spacial score (nSPS) is 11.2. The van der Waals surface area contributed by atoms with Crippen LogP contribution in [0.5, 0.6) is 0 Å². The summed E-state index contributed by atoms with van der Waals surface area (Å²) in [5.41, 5.74) is 23.2. The minimum Gasteiger partial charge on any atom is -0.310 e. The van der Waals surface area contributed by atoms with Crippen LogP contribution < -0.4 is 9.80 Å². The fourth-order valence-corrected chi connectivity index (χ4v) is 11.8. The maximum absolute atomic E-state index is 2.41. The molecule has 0 aliphatic rings. The molecule has 0 aliphatic heterocycles. The molecule has 14 aromatic carbocycles. The number of hydrogen-bond acceptors (Lipinski definition) is 2. The summed E-state index contributed by atoms with van der Waals surface area (Å²) in [6.45, 7) is 0. The summed E-state index contributed by atoms with van der Waals surface area (Å²) in [6.07, 6.45) is 0. The molecule has 0 aliphatic carbocycles. The molecular weight excluding hydrogens is 989 g/mol. The molecule has 0 aromatic heterocycles. The molecule has 2 heteroatoms. The van der Waals surface area contributed by atoms with Gasteiger partial charge in [0.05, 0.1) is 11.4 Å². The first-order chi connectivity index (χ1) is 40.7. The van der Waals surface area contributed by atoms with Crippen LogP contribution in [0, 0.1) is 0 Å². The molecule has 14 rings (SSSR count). The topological polar surface area (TPSA) is 6.48 Å². The van der Waals surface area contributed by atoms with Crippen LogP contribution in [-0.4, -0.2) is 0 Å². The van der Waals surface area contributed by atoms with Crippen molar-refractivity contribution in [2.24, 2.45) is 0 Å². The number of nitrogens with zero attached hydrogens (tertiary/aromatic N) is 2. The van der Waals surface area contributed by atoms with Gasteiger partial charge in [-0.3, -0.25) is 0 Å². The van der Waals surface area contributed by atoms with E-state index in [-0.39, 0.29) is 0 Å². The Hall–Kier alpha value is -10.8. The Bertz CT molecular complexity index is 4210. The van der Waals surface area contributed by atoms with Crippen LogP contribution in [0.4, 0.5) is 34.1 Å². The monoisotopic (exact) mass is 1040 g/mol. The van der Waals surface area contributed by atoms with Crippen molar-refractivity contribution in [1.82, 2.24) is 0 Å². The molecule has 82 heavy (non-hydrogen) atoms. The largest absolute Gasteiger partial charge is 0.310 e. The number of rotatable bonds is 13. The highest BCUT2D eigenvalue weighted by molar-refractivity contribution is 6.08. The molecule has 0 heterocycles. The van der Waals surface area contributed by atoms with Crippen LogP contribution in [0.2, 0.25) is 0 Å². The molecule has 0 amide bonds. The average molecular weight is 1050 g/mol. The van der Waals surface area contributed by atoms with Gasteiger partial charge in [-0.05, 0) is 161 Å². The van der Waals surface area contributed by atoms with Crippen molar-refractivity contribution in [3.05, 3.63) is 340 Å². The predicted octanol–water partition coefficient (Wildman–Crippen LogP) is 22.6. The Morgan fingerprint density at radius 3 is 0.683 bits per heavy atom. The van der Waals surface area contributed by atoms with E-state index in [0.29, 0.717) is 0 Å². The minimum absolute atomic E-state index is 1.07. The molecule has 0 spiro atoms. The zero-order valence-electron chi connectivity index (χ0n) is 45.2. The second-order valence-electron chi connectivity index (χ2n) is 20.8. The van der Waals surface area contributed by atoms with Gasteiger partial charge in [0.2, 0.25) is 0 Å². The van der Waals surface area contributed by atoms with Gasteiger partial charge >= 0.3 is 0 Å². The van der Waals surface area contributed by atoms with Crippen LogP contribution in [0.3, 0.4) is 0 Å². The van der Waals surface area contributed by atoms with E-state index >= 15 is 0 Å². The molecule has 0 atom stereocenters. The number of hydrogen-bond donors (Lipinski definition) is 0. The van der Waals surface area contributed by atoms with Gasteiger partial charge in [0.15, 0.2) is 0 Å². The van der Waals surface area contributed by atoms with Crippen molar-refractivity contribution in [3.8, 4) is 77.9 Å². The summed E-state index contributed by atoms with van der Waals surface area (Å²) in [5.74, 6) is 0. The number of fused-ring (bicyclic) bond motifs is 2. The summed E-state index contributed by atoms with van der Waals surface area (Å²) < 4.78 is 0. The summed E-state index contributed by atoms with van der Waals surface area (Å²) in [5, 5.41) is 4.78. The van der Waals surface area contributed by atoms with E-state index in [2.05, 4.69) is 350 Å².